The van der Waals surface area contributed by atoms with Crippen LogP contribution < -0.4 is 16.0 Å². The van der Waals surface area contributed by atoms with Crippen molar-refractivity contribution in [1.29, 1.82) is 0 Å². The van der Waals surface area contributed by atoms with Gasteiger partial charge in [-0.1, -0.05) is 6.07 Å². The van der Waals surface area contributed by atoms with Crippen LogP contribution in [-0.2, 0) is 9.47 Å². The van der Waals surface area contributed by atoms with Crippen LogP contribution in [0.2, 0.25) is 0 Å². The van der Waals surface area contributed by atoms with Crippen LogP contribution in [0.1, 0.15) is 25.7 Å². The van der Waals surface area contributed by atoms with Crippen LogP contribution in [0.5, 0.6) is 0 Å². The van der Waals surface area contributed by atoms with Gasteiger partial charge in [0.05, 0.1) is 13.2 Å². The summed E-state index contributed by atoms with van der Waals surface area (Å²) in [6.45, 7) is 6.03. The van der Waals surface area contributed by atoms with Crippen molar-refractivity contribution in [1.82, 2.24) is 15.6 Å². The minimum atomic E-state index is 0. The zero-order valence-corrected chi connectivity index (χ0v) is 18.6. The number of guanidine groups is 1. The molecule has 1 fully saturated rings. The Labute approximate surface area is 180 Å². The van der Waals surface area contributed by atoms with Crippen LogP contribution in [0.15, 0.2) is 29.4 Å². The number of hydrogen-bond donors (Lipinski definition) is 3. The number of aliphatic imine (C=N–C) groups is 1. The third-order valence-corrected chi connectivity index (χ3v) is 4.23. The Balaban J connectivity index is 0.00000364. The zero-order valence-electron chi connectivity index (χ0n) is 16.3. The van der Waals surface area contributed by atoms with E-state index >= 15 is 0 Å². The van der Waals surface area contributed by atoms with Gasteiger partial charge in [-0.3, -0.25) is 4.99 Å². The van der Waals surface area contributed by atoms with Gasteiger partial charge in [0.2, 0.25) is 0 Å². The van der Waals surface area contributed by atoms with Crippen LogP contribution in [0.3, 0.4) is 0 Å². The second-order valence-corrected chi connectivity index (χ2v) is 6.43. The summed E-state index contributed by atoms with van der Waals surface area (Å²) in [7, 11) is 1.80. The van der Waals surface area contributed by atoms with Gasteiger partial charge in [-0.05, 0) is 37.8 Å². The summed E-state index contributed by atoms with van der Waals surface area (Å²) in [6.07, 6.45) is 6.06. The smallest absolute Gasteiger partial charge is 0.190 e. The second kappa shape index (κ2) is 15.9. The van der Waals surface area contributed by atoms with E-state index in [1.165, 1.54) is 0 Å². The molecule has 2 rings (SSSR count). The first-order valence-electron chi connectivity index (χ1n) is 9.63. The van der Waals surface area contributed by atoms with Crippen LogP contribution in [0.25, 0.3) is 0 Å². The lowest BCUT2D eigenvalue weighted by molar-refractivity contribution is 0.0888. The molecule has 7 nitrogen and oxygen atoms in total. The third-order valence-electron chi connectivity index (χ3n) is 4.23. The molecule has 0 saturated carbocycles. The number of nitrogens with one attached hydrogen (secondary N) is 3. The molecule has 2 heterocycles. The summed E-state index contributed by atoms with van der Waals surface area (Å²) in [5.41, 5.74) is 0. The number of aromatic nitrogens is 1. The van der Waals surface area contributed by atoms with Crippen molar-refractivity contribution in [3.8, 4) is 0 Å². The van der Waals surface area contributed by atoms with Crippen molar-refractivity contribution in [3.05, 3.63) is 24.4 Å². The zero-order chi connectivity index (χ0) is 18.3. The van der Waals surface area contributed by atoms with Gasteiger partial charge in [-0.15, -0.1) is 24.0 Å². The molecule has 154 valence electrons. The predicted molar refractivity (Wildman–Crippen MR) is 121 cm³/mol. The summed E-state index contributed by atoms with van der Waals surface area (Å²) < 4.78 is 11.0. The van der Waals surface area contributed by atoms with Gasteiger partial charge in [0, 0.05) is 52.0 Å². The Morgan fingerprint density at radius 2 is 2.04 bits per heavy atom. The lowest BCUT2D eigenvalue weighted by Gasteiger charge is -2.13. The fourth-order valence-corrected chi connectivity index (χ4v) is 2.71. The Hall–Kier alpha value is -1.13. The summed E-state index contributed by atoms with van der Waals surface area (Å²) >= 11 is 0. The molecular weight excluding hydrogens is 457 g/mol. The lowest BCUT2D eigenvalue weighted by Crippen LogP contribution is -2.38. The van der Waals surface area contributed by atoms with Crippen LogP contribution in [-0.4, -0.2) is 64.1 Å². The highest BCUT2D eigenvalue weighted by atomic mass is 127. The fourth-order valence-electron chi connectivity index (χ4n) is 2.71. The van der Waals surface area contributed by atoms with Crippen molar-refractivity contribution < 1.29 is 9.47 Å². The van der Waals surface area contributed by atoms with Gasteiger partial charge in [-0.2, -0.15) is 0 Å². The summed E-state index contributed by atoms with van der Waals surface area (Å²) in [5.74, 6) is 2.37. The number of ether oxygens (including phenoxy) is 2. The number of rotatable bonds is 12. The highest BCUT2D eigenvalue weighted by Crippen LogP contribution is 2.12. The van der Waals surface area contributed by atoms with Gasteiger partial charge < -0.3 is 25.4 Å². The molecule has 1 aromatic heterocycles. The molecule has 0 amide bonds. The van der Waals surface area contributed by atoms with E-state index in [2.05, 4.69) is 25.9 Å². The molecule has 27 heavy (non-hydrogen) atoms. The molecule has 0 radical (unpaired) electrons. The Morgan fingerprint density at radius 3 is 2.74 bits per heavy atom. The molecule has 0 aliphatic carbocycles. The molecule has 1 saturated heterocycles. The van der Waals surface area contributed by atoms with Crippen molar-refractivity contribution in [2.45, 2.75) is 25.7 Å². The normalized spacial score (nSPS) is 16.6. The quantitative estimate of drug-likeness (QED) is 0.181. The van der Waals surface area contributed by atoms with Gasteiger partial charge in [0.1, 0.15) is 5.82 Å². The van der Waals surface area contributed by atoms with Crippen molar-refractivity contribution in [3.63, 3.8) is 0 Å². The van der Waals surface area contributed by atoms with Crippen LogP contribution in [0, 0.1) is 5.92 Å². The number of hydrogen-bond acceptors (Lipinski definition) is 5. The van der Waals surface area contributed by atoms with Gasteiger partial charge in [-0.25, -0.2) is 4.98 Å². The second-order valence-electron chi connectivity index (χ2n) is 6.43. The van der Waals surface area contributed by atoms with E-state index < -0.39 is 0 Å². The number of halogens is 1. The van der Waals surface area contributed by atoms with Crippen LogP contribution >= 0.6 is 24.0 Å². The topological polar surface area (TPSA) is 79.8 Å². The predicted octanol–water partition coefficient (Wildman–Crippen LogP) is 2.50. The largest absolute Gasteiger partial charge is 0.381 e. The molecular formula is C19H34IN5O2. The molecule has 1 aromatic rings. The van der Waals surface area contributed by atoms with E-state index in [1.807, 2.05) is 18.2 Å². The van der Waals surface area contributed by atoms with E-state index in [1.54, 1.807) is 13.2 Å². The van der Waals surface area contributed by atoms with E-state index in [-0.39, 0.29) is 24.0 Å². The number of unbranched alkanes of at least 4 members (excludes halogenated alkanes) is 1. The Morgan fingerprint density at radius 1 is 1.22 bits per heavy atom. The van der Waals surface area contributed by atoms with Gasteiger partial charge >= 0.3 is 0 Å². The fraction of sp³-hybridized carbons (Fsp3) is 0.684. The van der Waals surface area contributed by atoms with Crippen molar-refractivity contribution in [2.24, 2.45) is 10.9 Å². The van der Waals surface area contributed by atoms with Gasteiger partial charge in [0.25, 0.3) is 0 Å². The molecule has 1 aliphatic heterocycles. The third kappa shape index (κ3) is 11.3. The molecule has 1 atom stereocenters. The average Bonchev–Trinajstić information content (AvgIpc) is 3.19. The molecule has 0 bridgehead atoms. The summed E-state index contributed by atoms with van der Waals surface area (Å²) in [4.78, 5) is 8.49. The SMILES string of the molecule is CN=C(NCCCCNc1ccccn1)NCCCOCC1CCOC1.I. The Bertz CT molecular complexity index is 498. The first-order chi connectivity index (χ1) is 12.9. The number of anilines is 1. The lowest BCUT2D eigenvalue weighted by atomic mass is 10.1. The number of pyridine rings is 1. The highest BCUT2D eigenvalue weighted by molar-refractivity contribution is 14.0. The van der Waals surface area contributed by atoms with E-state index in [0.717, 1.165) is 83.5 Å². The maximum absolute atomic E-state index is 5.70. The molecule has 3 N–H and O–H groups in total. The van der Waals surface area contributed by atoms with Crippen LogP contribution in [0.4, 0.5) is 5.82 Å². The molecule has 1 unspecified atom stereocenters. The molecule has 8 heteroatoms. The summed E-state index contributed by atoms with van der Waals surface area (Å²) in [6, 6.07) is 5.89. The number of nitrogens with zero attached hydrogens (tertiary/aromatic N) is 2. The van der Waals surface area contributed by atoms with E-state index in [9.17, 15) is 0 Å². The van der Waals surface area contributed by atoms with Crippen molar-refractivity contribution in [2.75, 3.05) is 58.4 Å². The maximum atomic E-state index is 5.70. The highest BCUT2D eigenvalue weighted by Gasteiger charge is 2.15. The molecule has 1 aliphatic rings. The average molecular weight is 491 g/mol. The summed E-state index contributed by atoms with van der Waals surface area (Å²) in [5, 5.41) is 9.98. The minimum absolute atomic E-state index is 0. The molecule has 0 spiro atoms. The Kier molecular flexibility index (Phi) is 14.1. The first-order valence-corrected chi connectivity index (χ1v) is 9.63. The van der Waals surface area contributed by atoms with E-state index in [4.69, 9.17) is 9.47 Å². The standard InChI is InChI=1S/C19H33N5O2.HI/c1-20-19(24-12-6-13-25-15-17-8-14-26-16-17)23-11-5-4-10-22-18-7-2-3-9-21-18;/h2-3,7,9,17H,4-6,8,10-16H2,1H3,(H,21,22)(H2,20,23,24);1H. The van der Waals surface area contributed by atoms with Gasteiger partial charge in [0.15, 0.2) is 5.96 Å². The van der Waals surface area contributed by atoms with E-state index in [0.29, 0.717) is 5.92 Å². The maximum Gasteiger partial charge on any atom is 0.190 e. The molecule has 0 aromatic carbocycles. The monoisotopic (exact) mass is 491 g/mol. The minimum Gasteiger partial charge on any atom is -0.381 e. The van der Waals surface area contributed by atoms with Crippen molar-refractivity contribution >= 4 is 35.8 Å². The first kappa shape index (κ1) is 23.9.